The Morgan fingerprint density at radius 2 is 2.08 bits per heavy atom. The van der Waals surface area contributed by atoms with Crippen LogP contribution in [0, 0.1) is 0 Å². The lowest BCUT2D eigenvalue weighted by atomic mass is 10.0. The quantitative estimate of drug-likeness (QED) is 0.718. The van der Waals surface area contributed by atoms with Gasteiger partial charge in [0.05, 0.1) is 11.4 Å². The molecule has 4 heterocycles. The first-order valence-electron chi connectivity index (χ1n) is 9.25. The van der Waals surface area contributed by atoms with Gasteiger partial charge in [-0.15, -0.1) is 24.2 Å². The van der Waals surface area contributed by atoms with E-state index in [2.05, 4.69) is 12.2 Å². The molecule has 3 atom stereocenters. The maximum absolute atomic E-state index is 13.1. The number of nitrogens with zero attached hydrogens (tertiary/aromatic N) is 3. The van der Waals surface area contributed by atoms with Crippen LogP contribution in [0.25, 0.3) is 0 Å². The average molecular weight is 403 g/mol. The SMILES string of the molecule is CC12CCC(=O)N1C(C(=O)N1CCCC(N3CCNCC3=O)C1)CS2.Cl. The van der Waals surface area contributed by atoms with Gasteiger partial charge in [-0.2, -0.15) is 0 Å². The summed E-state index contributed by atoms with van der Waals surface area (Å²) in [4.78, 5) is 43.1. The van der Waals surface area contributed by atoms with E-state index in [-0.39, 0.29) is 47.1 Å². The van der Waals surface area contributed by atoms with Crippen molar-refractivity contribution in [2.75, 3.05) is 38.5 Å². The lowest BCUT2D eigenvalue weighted by Crippen LogP contribution is -2.59. The lowest BCUT2D eigenvalue weighted by Gasteiger charge is -2.42. The summed E-state index contributed by atoms with van der Waals surface area (Å²) in [7, 11) is 0. The summed E-state index contributed by atoms with van der Waals surface area (Å²) in [5, 5.41) is 3.10. The molecule has 0 aromatic rings. The predicted molar refractivity (Wildman–Crippen MR) is 102 cm³/mol. The van der Waals surface area contributed by atoms with Crippen molar-refractivity contribution in [2.45, 2.75) is 49.6 Å². The Labute approximate surface area is 164 Å². The van der Waals surface area contributed by atoms with Crippen molar-refractivity contribution in [3.05, 3.63) is 0 Å². The highest BCUT2D eigenvalue weighted by Crippen LogP contribution is 2.47. The number of nitrogens with one attached hydrogen (secondary N) is 1. The highest BCUT2D eigenvalue weighted by Gasteiger charge is 2.53. The molecule has 4 fully saturated rings. The monoisotopic (exact) mass is 402 g/mol. The van der Waals surface area contributed by atoms with Gasteiger partial charge in [0.2, 0.25) is 17.7 Å². The third-order valence-electron chi connectivity index (χ3n) is 6.00. The van der Waals surface area contributed by atoms with E-state index in [0.717, 1.165) is 32.4 Å². The number of fused-ring (bicyclic) bond motifs is 1. The van der Waals surface area contributed by atoms with E-state index in [9.17, 15) is 14.4 Å². The molecule has 4 aliphatic rings. The van der Waals surface area contributed by atoms with Gasteiger partial charge in [-0.25, -0.2) is 0 Å². The molecule has 26 heavy (non-hydrogen) atoms. The summed E-state index contributed by atoms with van der Waals surface area (Å²) < 4.78 is 0. The van der Waals surface area contributed by atoms with Gasteiger partial charge in [-0.05, 0) is 26.2 Å². The van der Waals surface area contributed by atoms with Crippen LogP contribution in [0.1, 0.15) is 32.6 Å². The molecule has 4 rings (SSSR count). The highest BCUT2D eigenvalue weighted by molar-refractivity contribution is 8.01. The van der Waals surface area contributed by atoms with Crippen LogP contribution in [0.15, 0.2) is 0 Å². The van der Waals surface area contributed by atoms with Crippen molar-refractivity contribution in [3.63, 3.8) is 0 Å². The summed E-state index contributed by atoms with van der Waals surface area (Å²) in [6.45, 7) is 5.34. The van der Waals surface area contributed by atoms with Gasteiger partial charge >= 0.3 is 0 Å². The Hall–Kier alpha value is -0.990. The van der Waals surface area contributed by atoms with Crippen LogP contribution in [0.2, 0.25) is 0 Å². The summed E-state index contributed by atoms with van der Waals surface area (Å²) in [5.41, 5.74) is 0. The summed E-state index contributed by atoms with van der Waals surface area (Å²) in [6, 6.07) is -0.218. The number of likely N-dealkylation sites (tertiary alicyclic amines) is 1. The molecule has 4 saturated heterocycles. The number of carbonyl (C=O) groups is 3. The molecule has 0 radical (unpaired) electrons. The van der Waals surface area contributed by atoms with Gasteiger partial charge in [0.15, 0.2) is 0 Å². The molecule has 4 aliphatic heterocycles. The number of halogens is 1. The van der Waals surface area contributed by atoms with Crippen LogP contribution in [-0.4, -0.2) is 87.9 Å². The van der Waals surface area contributed by atoms with E-state index >= 15 is 0 Å². The maximum Gasteiger partial charge on any atom is 0.246 e. The molecule has 3 amide bonds. The standard InChI is InChI=1S/C17H26N4O3S.ClH/c1-17-5-4-14(22)21(17)13(11-25-17)16(24)19-7-2-3-12(10-19)20-8-6-18-9-15(20)23;/h12-13,18H,2-11H2,1H3;1H. The number of piperazine rings is 1. The Kier molecular flexibility index (Phi) is 5.75. The molecular formula is C17H27ClN4O3S. The minimum absolute atomic E-state index is 0. The summed E-state index contributed by atoms with van der Waals surface area (Å²) >= 11 is 1.73. The first-order chi connectivity index (χ1) is 12.0. The Bertz CT molecular complexity index is 607. The van der Waals surface area contributed by atoms with Gasteiger partial charge in [-0.1, -0.05) is 0 Å². The second kappa shape index (κ2) is 7.56. The van der Waals surface area contributed by atoms with Gasteiger partial charge < -0.3 is 20.0 Å². The smallest absolute Gasteiger partial charge is 0.246 e. The third kappa shape index (κ3) is 3.31. The minimum Gasteiger partial charge on any atom is -0.339 e. The number of carbonyl (C=O) groups excluding carboxylic acids is 3. The molecule has 1 N–H and O–H groups in total. The largest absolute Gasteiger partial charge is 0.339 e. The number of hydrogen-bond acceptors (Lipinski definition) is 5. The second-order valence-corrected chi connectivity index (χ2v) is 9.11. The van der Waals surface area contributed by atoms with Crippen molar-refractivity contribution >= 4 is 41.9 Å². The summed E-state index contributed by atoms with van der Waals surface area (Å²) in [5.74, 6) is 0.995. The molecule has 9 heteroatoms. The molecule has 7 nitrogen and oxygen atoms in total. The van der Waals surface area contributed by atoms with E-state index < -0.39 is 0 Å². The van der Waals surface area contributed by atoms with Crippen molar-refractivity contribution in [1.29, 1.82) is 0 Å². The van der Waals surface area contributed by atoms with E-state index in [0.29, 0.717) is 31.8 Å². The van der Waals surface area contributed by atoms with Crippen LogP contribution in [0.4, 0.5) is 0 Å². The molecule has 0 aromatic carbocycles. The van der Waals surface area contributed by atoms with E-state index in [1.807, 2.05) is 14.7 Å². The van der Waals surface area contributed by atoms with Crippen molar-refractivity contribution in [2.24, 2.45) is 0 Å². The van der Waals surface area contributed by atoms with E-state index in [4.69, 9.17) is 0 Å². The van der Waals surface area contributed by atoms with Crippen molar-refractivity contribution in [1.82, 2.24) is 20.0 Å². The van der Waals surface area contributed by atoms with Crippen molar-refractivity contribution < 1.29 is 14.4 Å². The van der Waals surface area contributed by atoms with E-state index in [1.54, 1.807) is 11.8 Å². The fourth-order valence-electron chi connectivity index (χ4n) is 4.63. The number of rotatable bonds is 2. The number of hydrogen-bond donors (Lipinski definition) is 1. The van der Waals surface area contributed by atoms with Gasteiger partial charge in [-0.3, -0.25) is 14.4 Å². The average Bonchev–Trinajstić information content (AvgIpc) is 3.11. The number of piperidine rings is 1. The normalized spacial score (nSPS) is 34.7. The van der Waals surface area contributed by atoms with E-state index in [1.165, 1.54) is 0 Å². The summed E-state index contributed by atoms with van der Waals surface area (Å²) in [6.07, 6.45) is 3.25. The predicted octanol–water partition coefficient (Wildman–Crippen LogP) is 0.285. The van der Waals surface area contributed by atoms with Crippen LogP contribution in [-0.2, 0) is 14.4 Å². The number of thioether (sulfide) groups is 1. The first kappa shape index (κ1) is 19.8. The zero-order valence-corrected chi connectivity index (χ0v) is 16.7. The van der Waals surface area contributed by atoms with Crippen LogP contribution in [0.5, 0.6) is 0 Å². The Balaban J connectivity index is 0.00000196. The zero-order chi connectivity index (χ0) is 17.6. The first-order valence-corrected chi connectivity index (χ1v) is 10.2. The van der Waals surface area contributed by atoms with Gasteiger partial charge in [0, 0.05) is 44.4 Å². The Morgan fingerprint density at radius 1 is 1.27 bits per heavy atom. The van der Waals surface area contributed by atoms with Crippen LogP contribution < -0.4 is 5.32 Å². The fraction of sp³-hybridized carbons (Fsp3) is 0.824. The topological polar surface area (TPSA) is 73.0 Å². The van der Waals surface area contributed by atoms with Crippen molar-refractivity contribution in [3.8, 4) is 0 Å². The Morgan fingerprint density at radius 3 is 2.85 bits per heavy atom. The second-order valence-electron chi connectivity index (χ2n) is 7.61. The van der Waals surface area contributed by atoms with Crippen LogP contribution in [0.3, 0.4) is 0 Å². The molecular weight excluding hydrogens is 376 g/mol. The maximum atomic E-state index is 13.1. The molecule has 0 bridgehead atoms. The number of amides is 3. The highest BCUT2D eigenvalue weighted by atomic mass is 35.5. The molecule has 3 unspecified atom stereocenters. The molecule has 0 saturated carbocycles. The zero-order valence-electron chi connectivity index (χ0n) is 15.1. The molecule has 0 aliphatic carbocycles. The molecule has 146 valence electrons. The lowest BCUT2D eigenvalue weighted by molar-refractivity contribution is -0.146. The molecule has 0 aromatic heterocycles. The van der Waals surface area contributed by atoms with Crippen LogP contribution >= 0.6 is 24.2 Å². The third-order valence-corrected chi connectivity index (χ3v) is 7.51. The fourth-order valence-corrected chi connectivity index (χ4v) is 6.05. The minimum atomic E-state index is -0.331. The van der Waals surface area contributed by atoms with Gasteiger partial charge in [0.1, 0.15) is 6.04 Å². The van der Waals surface area contributed by atoms with Gasteiger partial charge in [0.25, 0.3) is 0 Å². The molecule has 0 spiro atoms.